The van der Waals surface area contributed by atoms with Gasteiger partial charge in [0, 0.05) is 18.5 Å². The summed E-state index contributed by atoms with van der Waals surface area (Å²) in [6.45, 7) is 14.3. The highest BCUT2D eigenvalue weighted by Gasteiger charge is 2.42. The number of carbonyl (C=O) groups is 1. The molecule has 5 N–H and O–H groups in total. The molecule has 122 valence electrons. The van der Waals surface area contributed by atoms with Gasteiger partial charge in [0.15, 0.2) is 0 Å². The number of hydrogen-bond donors (Lipinski definition) is 3. The van der Waals surface area contributed by atoms with Gasteiger partial charge >= 0.3 is 0 Å². The second kappa shape index (κ2) is 6.65. The van der Waals surface area contributed by atoms with Gasteiger partial charge in [0.1, 0.15) is 0 Å². The molecule has 0 saturated heterocycles. The van der Waals surface area contributed by atoms with Gasteiger partial charge in [-0.05, 0) is 22.5 Å². The molecule has 0 bridgehead atoms. The fraction of sp³-hybridized carbons (Fsp3) is 0.706. The first kappa shape index (κ1) is 19.7. The molecular weight excluding hydrogens is 264 g/mol. The van der Waals surface area contributed by atoms with Gasteiger partial charge in [-0.1, -0.05) is 54.5 Å². The summed E-state index contributed by atoms with van der Waals surface area (Å²) < 4.78 is 0. The lowest BCUT2D eigenvalue weighted by Crippen LogP contribution is -2.44. The monoisotopic (exact) mass is 296 g/mol. The molecule has 1 unspecified atom stereocenters. The molecule has 4 heteroatoms. The molecule has 0 aromatic carbocycles. The van der Waals surface area contributed by atoms with Crippen molar-refractivity contribution >= 4 is 5.91 Å². The van der Waals surface area contributed by atoms with Crippen LogP contribution in [0.2, 0.25) is 0 Å². The third-order valence-electron chi connectivity index (χ3n) is 3.89. The number of allylic oxidation sites excluding steroid dienone is 1. The highest BCUT2D eigenvalue weighted by atomic mass is 16.3. The predicted molar refractivity (Wildman–Crippen MR) is 88.3 cm³/mol. The summed E-state index contributed by atoms with van der Waals surface area (Å²) >= 11 is 0. The molecule has 0 radical (unpaired) electrons. The van der Waals surface area contributed by atoms with Crippen LogP contribution in [0.25, 0.3) is 0 Å². The third kappa shape index (κ3) is 5.54. The van der Waals surface area contributed by atoms with Gasteiger partial charge in [0.25, 0.3) is 0 Å². The number of nitrogens with two attached hydrogens (primary N) is 2. The Kier molecular flexibility index (Phi) is 6.24. The SMILES string of the molecule is CC(C)(C)C1=C(N)C=CC(O)(C(C)(C)C)C1.CCC(N)=O. The van der Waals surface area contributed by atoms with Crippen molar-refractivity contribution in [2.24, 2.45) is 22.3 Å². The van der Waals surface area contributed by atoms with Crippen LogP contribution in [0.4, 0.5) is 0 Å². The maximum absolute atomic E-state index is 10.7. The zero-order valence-corrected chi connectivity index (χ0v) is 14.6. The summed E-state index contributed by atoms with van der Waals surface area (Å²) in [4.78, 5) is 9.59. The van der Waals surface area contributed by atoms with Crippen molar-refractivity contribution in [3.05, 3.63) is 23.4 Å². The van der Waals surface area contributed by atoms with E-state index in [-0.39, 0.29) is 16.7 Å². The van der Waals surface area contributed by atoms with Crippen LogP contribution in [0.1, 0.15) is 61.3 Å². The molecule has 0 aromatic heterocycles. The van der Waals surface area contributed by atoms with Crippen LogP contribution in [-0.4, -0.2) is 16.6 Å². The Balaban J connectivity index is 0.000000690. The van der Waals surface area contributed by atoms with Crippen molar-refractivity contribution in [2.45, 2.75) is 66.9 Å². The second-order valence-corrected chi connectivity index (χ2v) is 7.69. The van der Waals surface area contributed by atoms with Crippen LogP contribution in [0.5, 0.6) is 0 Å². The Morgan fingerprint density at radius 2 is 1.71 bits per heavy atom. The fourth-order valence-electron chi connectivity index (χ4n) is 1.97. The van der Waals surface area contributed by atoms with Gasteiger partial charge in [0.05, 0.1) is 5.60 Å². The van der Waals surface area contributed by atoms with Crippen LogP contribution in [0.3, 0.4) is 0 Å². The minimum Gasteiger partial charge on any atom is -0.399 e. The van der Waals surface area contributed by atoms with E-state index in [4.69, 9.17) is 5.73 Å². The molecule has 1 amide bonds. The Hall–Kier alpha value is -1.29. The molecule has 21 heavy (non-hydrogen) atoms. The van der Waals surface area contributed by atoms with E-state index >= 15 is 0 Å². The molecular formula is C17H32N2O2. The van der Waals surface area contributed by atoms with Gasteiger partial charge in [-0.3, -0.25) is 4.79 Å². The largest absolute Gasteiger partial charge is 0.399 e. The van der Waals surface area contributed by atoms with Crippen molar-refractivity contribution in [3.8, 4) is 0 Å². The van der Waals surface area contributed by atoms with E-state index in [9.17, 15) is 9.90 Å². The van der Waals surface area contributed by atoms with Crippen molar-refractivity contribution in [3.63, 3.8) is 0 Å². The van der Waals surface area contributed by atoms with E-state index in [1.807, 2.05) is 12.2 Å². The number of carbonyl (C=O) groups excluding carboxylic acids is 1. The van der Waals surface area contributed by atoms with E-state index in [0.717, 1.165) is 11.3 Å². The summed E-state index contributed by atoms with van der Waals surface area (Å²) in [5, 5.41) is 10.7. The van der Waals surface area contributed by atoms with Gasteiger partial charge in [0.2, 0.25) is 5.91 Å². The Labute approximate surface area is 129 Å². The van der Waals surface area contributed by atoms with Crippen molar-refractivity contribution < 1.29 is 9.90 Å². The molecule has 0 fully saturated rings. The number of aliphatic hydroxyl groups is 1. The minimum absolute atomic E-state index is 0.00801. The fourth-order valence-corrected chi connectivity index (χ4v) is 1.97. The number of primary amides is 1. The average Bonchev–Trinajstić information content (AvgIpc) is 2.30. The maximum atomic E-state index is 10.7. The van der Waals surface area contributed by atoms with E-state index in [1.54, 1.807) is 6.92 Å². The molecule has 1 atom stereocenters. The van der Waals surface area contributed by atoms with Crippen LogP contribution in [-0.2, 0) is 4.79 Å². The molecule has 0 saturated carbocycles. The molecule has 1 rings (SSSR count). The molecule has 0 heterocycles. The number of amides is 1. The molecule has 0 aromatic rings. The first-order chi connectivity index (χ1) is 9.24. The average molecular weight is 296 g/mol. The van der Waals surface area contributed by atoms with Crippen LogP contribution in [0, 0.1) is 10.8 Å². The molecule has 4 nitrogen and oxygen atoms in total. The van der Waals surface area contributed by atoms with Crippen molar-refractivity contribution in [2.75, 3.05) is 0 Å². The second-order valence-electron chi connectivity index (χ2n) is 7.69. The predicted octanol–water partition coefficient (Wildman–Crippen LogP) is 2.86. The standard InChI is InChI=1S/C14H25NO.C3H7NO/c1-12(2,3)10-9-14(16,13(4,5)6)8-7-11(10)15;1-2-3(4)5/h7-8,16H,9,15H2,1-6H3;2H2,1H3,(H2,4,5). The lowest BCUT2D eigenvalue weighted by atomic mass is 9.67. The van der Waals surface area contributed by atoms with Crippen LogP contribution < -0.4 is 11.5 Å². The summed E-state index contributed by atoms with van der Waals surface area (Å²) in [6.07, 6.45) is 4.77. The van der Waals surface area contributed by atoms with E-state index in [2.05, 4.69) is 47.3 Å². The van der Waals surface area contributed by atoms with Gasteiger partial charge in [-0.25, -0.2) is 0 Å². The Morgan fingerprint density at radius 3 is 2.00 bits per heavy atom. The quantitative estimate of drug-likeness (QED) is 0.695. The molecule has 0 aliphatic heterocycles. The summed E-state index contributed by atoms with van der Waals surface area (Å²) in [6, 6.07) is 0. The zero-order valence-electron chi connectivity index (χ0n) is 14.6. The first-order valence-corrected chi connectivity index (χ1v) is 7.43. The van der Waals surface area contributed by atoms with Crippen molar-refractivity contribution in [1.82, 2.24) is 0 Å². The lowest BCUT2D eigenvalue weighted by molar-refractivity contribution is -0.117. The lowest BCUT2D eigenvalue weighted by Gasteiger charge is -2.43. The van der Waals surface area contributed by atoms with Gasteiger partial charge in [-0.2, -0.15) is 0 Å². The van der Waals surface area contributed by atoms with E-state index < -0.39 is 5.60 Å². The summed E-state index contributed by atoms with van der Waals surface area (Å²) in [5.41, 5.74) is 11.7. The third-order valence-corrected chi connectivity index (χ3v) is 3.89. The molecule has 0 spiro atoms. The smallest absolute Gasteiger partial charge is 0.217 e. The zero-order chi connectivity index (χ0) is 17.1. The summed E-state index contributed by atoms with van der Waals surface area (Å²) in [7, 11) is 0. The van der Waals surface area contributed by atoms with E-state index in [1.165, 1.54) is 0 Å². The van der Waals surface area contributed by atoms with Crippen LogP contribution in [0.15, 0.2) is 23.4 Å². The van der Waals surface area contributed by atoms with Crippen LogP contribution >= 0.6 is 0 Å². The van der Waals surface area contributed by atoms with Gasteiger partial charge < -0.3 is 16.6 Å². The minimum atomic E-state index is -0.793. The summed E-state index contributed by atoms with van der Waals surface area (Å²) in [5.74, 6) is -0.245. The first-order valence-electron chi connectivity index (χ1n) is 7.43. The Bertz CT molecular complexity index is 437. The molecule has 1 aliphatic rings. The maximum Gasteiger partial charge on any atom is 0.217 e. The molecule has 1 aliphatic carbocycles. The highest BCUT2D eigenvalue weighted by Crippen LogP contribution is 2.44. The topological polar surface area (TPSA) is 89.3 Å². The van der Waals surface area contributed by atoms with Crippen molar-refractivity contribution in [1.29, 1.82) is 0 Å². The van der Waals surface area contributed by atoms with Gasteiger partial charge in [-0.15, -0.1) is 0 Å². The highest BCUT2D eigenvalue weighted by molar-refractivity contribution is 5.73. The number of hydrogen-bond acceptors (Lipinski definition) is 3. The van der Waals surface area contributed by atoms with E-state index in [0.29, 0.717) is 12.8 Å². The Morgan fingerprint density at radius 1 is 1.29 bits per heavy atom. The normalized spacial score (nSPS) is 22.7. The number of rotatable bonds is 1.